The third-order valence-electron chi connectivity index (χ3n) is 3.96. The van der Waals surface area contributed by atoms with Crippen molar-refractivity contribution in [2.24, 2.45) is 0 Å². The summed E-state index contributed by atoms with van der Waals surface area (Å²) >= 11 is 0. The number of aryl methyl sites for hydroxylation is 1. The number of halogens is 3. The van der Waals surface area contributed by atoms with E-state index in [0.717, 1.165) is 10.9 Å². The van der Waals surface area contributed by atoms with Gasteiger partial charge in [-0.25, -0.2) is 4.68 Å². The van der Waals surface area contributed by atoms with Gasteiger partial charge in [-0.1, -0.05) is 18.2 Å². The predicted octanol–water partition coefficient (Wildman–Crippen LogP) is 4.31. The molecule has 6 nitrogen and oxygen atoms in total. The number of aromatic nitrogens is 5. The van der Waals surface area contributed by atoms with E-state index in [4.69, 9.17) is 4.42 Å². The van der Waals surface area contributed by atoms with Gasteiger partial charge in [0.05, 0.1) is 17.4 Å². The van der Waals surface area contributed by atoms with Crippen LogP contribution in [0, 0.1) is 6.92 Å². The van der Waals surface area contributed by atoms with Crippen LogP contribution in [0.1, 0.15) is 11.3 Å². The fraction of sp³-hybridized carbons (Fsp3) is 0.111. The quantitative estimate of drug-likeness (QED) is 0.537. The van der Waals surface area contributed by atoms with Gasteiger partial charge in [0.15, 0.2) is 5.69 Å². The summed E-state index contributed by atoms with van der Waals surface area (Å²) in [6, 6.07) is 9.92. The molecule has 0 saturated carbocycles. The zero-order valence-electron chi connectivity index (χ0n) is 14.0. The van der Waals surface area contributed by atoms with Crippen LogP contribution in [0.5, 0.6) is 0 Å². The molecule has 0 amide bonds. The summed E-state index contributed by atoms with van der Waals surface area (Å²) in [6.45, 7) is 1.71. The molecule has 0 saturated heterocycles. The van der Waals surface area contributed by atoms with Gasteiger partial charge in [0.25, 0.3) is 5.89 Å². The molecule has 136 valence electrons. The topological polar surface area (TPSA) is 69.6 Å². The van der Waals surface area contributed by atoms with Crippen molar-refractivity contribution in [3.63, 3.8) is 0 Å². The lowest BCUT2D eigenvalue weighted by Crippen LogP contribution is -2.15. The first-order valence-electron chi connectivity index (χ1n) is 7.90. The Balaban J connectivity index is 1.85. The van der Waals surface area contributed by atoms with E-state index in [-0.39, 0.29) is 17.3 Å². The second-order valence-corrected chi connectivity index (χ2v) is 5.75. The largest absolute Gasteiger partial charge is 0.434 e. The third kappa shape index (κ3) is 3.07. The molecule has 0 fully saturated rings. The molecular weight excluding hydrogens is 359 g/mol. The maximum absolute atomic E-state index is 13.8. The highest BCUT2D eigenvalue weighted by Crippen LogP contribution is 2.38. The molecule has 0 unspecified atom stereocenters. The molecule has 0 N–H and O–H groups in total. The highest BCUT2D eigenvalue weighted by Gasteiger charge is 2.40. The number of alkyl halides is 3. The van der Waals surface area contributed by atoms with Crippen molar-refractivity contribution in [2.45, 2.75) is 13.1 Å². The summed E-state index contributed by atoms with van der Waals surface area (Å²) in [5.41, 5.74) is 0.287. The van der Waals surface area contributed by atoms with Gasteiger partial charge in [-0.15, -0.1) is 10.2 Å². The Morgan fingerprint density at radius 2 is 1.67 bits per heavy atom. The zero-order valence-corrected chi connectivity index (χ0v) is 14.0. The lowest BCUT2D eigenvalue weighted by Gasteiger charge is -2.13. The Morgan fingerprint density at radius 1 is 0.963 bits per heavy atom. The summed E-state index contributed by atoms with van der Waals surface area (Å²) < 4.78 is 47.8. The molecule has 4 aromatic rings. The van der Waals surface area contributed by atoms with Gasteiger partial charge in [0.2, 0.25) is 5.89 Å². The van der Waals surface area contributed by atoms with Crippen LogP contribution >= 0.6 is 0 Å². The SMILES string of the molecule is Cc1ccccc1-n1ncc(-c2nnc(-c3ccncc3)o2)c1C(F)(F)F. The Kier molecular flexibility index (Phi) is 3.98. The first-order valence-corrected chi connectivity index (χ1v) is 7.90. The van der Waals surface area contributed by atoms with Crippen LogP contribution < -0.4 is 0 Å². The number of hydrogen-bond acceptors (Lipinski definition) is 5. The maximum atomic E-state index is 13.8. The molecule has 9 heteroatoms. The van der Waals surface area contributed by atoms with E-state index in [9.17, 15) is 13.2 Å². The molecule has 0 spiro atoms. The normalized spacial score (nSPS) is 11.7. The highest BCUT2D eigenvalue weighted by atomic mass is 19.4. The van der Waals surface area contributed by atoms with Gasteiger partial charge < -0.3 is 4.42 Å². The van der Waals surface area contributed by atoms with E-state index < -0.39 is 11.9 Å². The molecular formula is C18H12F3N5O. The van der Waals surface area contributed by atoms with Gasteiger partial charge in [0, 0.05) is 18.0 Å². The molecule has 4 rings (SSSR count). The predicted molar refractivity (Wildman–Crippen MR) is 89.8 cm³/mol. The number of nitrogens with zero attached hydrogens (tertiary/aromatic N) is 5. The fourth-order valence-electron chi connectivity index (χ4n) is 2.70. The first-order chi connectivity index (χ1) is 12.9. The lowest BCUT2D eigenvalue weighted by molar-refractivity contribution is -0.142. The minimum atomic E-state index is -4.67. The van der Waals surface area contributed by atoms with E-state index in [1.165, 1.54) is 12.4 Å². The van der Waals surface area contributed by atoms with E-state index in [0.29, 0.717) is 16.8 Å². The molecule has 0 aliphatic rings. The van der Waals surface area contributed by atoms with Crippen LogP contribution in [-0.4, -0.2) is 25.0 Å². The summed E-state index contributed by atoms with van der Waals surface area (Å²) in [4.78, 5) is 3.88. The molecule has 27 heavy (non-hydrogen) atoms. The Bertz CT molecular complexity index is 1090. The average molecular weight is 371 g/mol. The minimum absolute atomic E-state index is 0.101. The van der Waals surface area contributed by atoms with E-state index in [1.54, 1.807) is 43.3 Å². The first kappa shape index (κ1) is 17.0. The average Bonchev–Trinajstić information content (AvgIpc) is 3.29. The molecule has 3 aromatic heterocycles. The monoisotopic (exact) mass is 371 g/mol. The highest BCUT2D eigenvalue weighted by molar-refractivity contribution is 5.61. The van der Waals surface area contributed by atoms with E-state index in [1.807, 2.05) is 0 Å². The van der Waals surface area contributed by atoms with Crippen LogP contribution in [0.15, 0.2) is 59.4 Å². The summed E-state index contributed by atoms with van der Waals surface area (Å²) in [6.07, 6.45) is -0.536. The molecule has 1 aromatic carbocycles. The van der Waals surface area contributed by atoms with E-state index in [2.05, 4.69) is 20.3 Å². The number of benzene rings is 1. The van der Waals surface area contributed by atoms with Gasteiger partial charge in [-0.3, -0.25) is 4.98 Å². The summed E-state index contributed by atoms with van der Waals surface area (Å²) in [7, 11) is 0. The Labute approximate surface area is 151 Å². The van der Waals surface area contributed by atoms with Crippen LogP contribution in [0.2, 0.25) is 0 Å². The zero-order chi connectivity index (χ0) is 19.0. The summed E-state index contributed by atoms with van der Waals surface area (Å²) in [5, 5.41) is 11.5. The lowest BCUT2D eigenvalue weighted by atomic mass is 10.2. The Hall–Kier alpha value is -3.49. The number of hydrogen-bond donors (Lipinski definition) is 0. The third-order valence-corrected chi connectivity index (χ3v) is 3.96. The number of pyridine rings is 1. The fourth-order valence-corrected chi connectivity index (χ4v) is 2.70. The molecule has 0 bridgehead atoms. The molecule has 3 heterocycles. The van der Waals surface area contributed by atoms with Crippen molar-refractivity contribution in [3.8, 4) is 28.6 Å². The molecule has 0 radical (unpaired) electrons. The van der Waals surface area contributed by atoms with Gasteiger partial charge in [-0.2, -0.15) is 18.3 Å². The van der Waals surface area contributed by atoms with Crippen molar-refractivity contribution in [1.29, 1.82) is 0 Å². The van der Waals surface area contributed by atoms with Crippen LogP contribution in [0.3, 0.4) is 0 Å². The molecule has 0 aliphatic heterocycles. The van der Waals surface area contributed by atoms with Crippen LogP contribution in [-0.2, 0) is 6.18 Å². The Morgan fingerprint density at radius 3 is 2.37 bits per heavy atom. The van der Waals surface area contributed by atoms with Crippen molar-refractivity contribution < 1.29 is 17.6 Å². The summed E-state index contributed by atoms with van der Waals surface area (Å²) in [5.74, 6) is -0.155. The van der Waals surface area contributed by atoms with Gasteiger partial charge >= 0.3 is 6.18 Å². The maximum Gasteiger partial charge on any atom is 0.434 e. The minimum Gasteiger partial charge on any atom is -0.416 e. The second-order valence-electron chi connectivity index (χ2n) is 5.75. The van der Waals surface area contributed by atoms with Crippen LogP contribution in [0.25, 0.3) is 28.6 Å². The van der Waals surface area contributed by atoms with Gasteiger partial charge in [0.1, 0.15) is 0 Å². The van der Waals surface area contributed by atoms with Crippen molar-refractivity contribution >= 4 is 0 Å². The number of para-hydroxylation sites is 1. The second kappa shape index (κ2) is 6.35. The van der Waals surface area contributed by atoms with Crippen molar-refractivity contribution in [1.82, 2.24) is 25.0 Å². The van der Waals surface area contributed by atoms with Crippen molar-refractivity contribution in [3.05, 3.63) is 66.2 Å². The smallest absolute Gasteiger partial charge is 0.416 e. The van der Waals surface area contributed by atoms with E-state index >= 15 is 0 Å². The molecule has 0 aliphatic carbocycles. The molecule has 0 atom stereocenters. The standard InChI is InChI=1S/C18H12F3N5O/c1-11-4-2-3-5-14(11)26-15(18(19,20)21)13(10-23-26)17-25-24-16(27-17)12-6-8-22-9-7-12/h2-10H,1H3. The van der Waals surface area contributed by atoms with Gasteiger partial charge in [-0.05, 0) is 30.7 Å². The van der Waals surface area contributed by atoms with Crippen molar-refractivity contribution in [2.75, 3.05) is 0 Å². The van der Waals surface area contributed by atoms with Crippen LogP contribution in [0.4, 0.5) is 13.2 Å². The number of rotatable bonds is 3.